The van der Waals surface area contributed by atoms with Gasteiger partial charge in [0.05, 0.1) is 0 Å². The summed E-state index contributed by atoms with van der Waals surface area (Å²) < 4.78 is 0. The van der Waals surface area contributed by atoms with Gasteiger partial charge in [0.2, 0.25) is 0 Å². The minimum absolute atomic E-state index is 0.899. The normalized spacial score (nSPS) is 15.5. The molecular weight excluding hydrogens is 244 g/mol. The van der Waals surface area contributed by atoms with Crippen molar-refractivity contribution >= 4 is 30.0 Å². The van der Waals surface area contributed by atoms with E-state index in [1.54, 1.807) is 0 Å². The van der Waals surface area contributed by atoms with Crippen LogP contribution in [0.3, 0.4) is 0 Å². The third-order valence-corrected chi connectivity index (χ3v) is 7.72. The molecule has 17 heavy (non-hydrogen) atoms. The van der Waals surface area contributed by atoms with Crippen LogP contribution in [0.2, 0.25) is 18.1 Å². The Bertz CT molecular complexity index is 561. The lowest BCUT2D eigenvalue weighted by Gasteiger charge is -2.18. The SMILES string of the molecule is Cc1cccc2c1-c1c(Cl)cccc1[Si]2(C)C. The summed E-state index contributed by atoms with van der Waals surface area (Å²) in [4.78, 5) is 0. The first-order valence-electron chi connectivity index (χ1n) is 5.93. The molecule has 1 heterocycles. The van der Waals surface area contributed by atoms with Gasteiger partial charge in [-0.2, -0.15) is 0 Å². The lowest BCUT2D eigenvalue weighted by molar-refractivity contribution is 1.49. The Morgan fingerprint density at radius 3 is 2.18 bits per heavy atom. The molecular formula is C15H15ClSi. The molecule has 0 saturated heterocycles. The standard InChI is InChI=1S/C15H15ClSi/c1-10-6-4-8-12-14(10)15-11(16)7-5-9-13(15)17(12,2)3/h4-9H,1-3H3. The molecule has 2 heteroatoms. The van der Waals surface area contributed by atoms with Gasteiger partial charge >= 0.3 is 0 Å². The number of hydrogen-bond acceptors (Lipinski definition) is 0. The number of hydrogen-bond donors (Lipinski definition) is 0. The number of aryl methyl sites for hydroxylation is 1. The summed E-state index contributed by atoms with van der Waals surface area (Å²) in [5, 5.41) is 3.91. The smallest absolute Gasteiger partial charge is 0.0837 e. The van der Waals surface area contributed by atoms with E-state index < -0.39 is 8.07 Å². The molecule has 0 bridgehead atoms. The van der Waals surface area contributed by atoms with Crippen molar-refractivity contribution in [2.75, 3.05) is 0 Å². The van der Waals surface area contributed by atoms with Gasteiger partial charge < -0.3 is 0 Å². The van der Waals surface area contributed by atoms with Crippen LogP contribution >= 0.6 is 11.6 Å². The van der Waals surface area contributed by atoms with Crippen LogP contribution in [-0.4, -0.2) is 8.07 Å². The van der Waals surface area contributed by atoms with Crippen LogP contribution in [0, 0.1) is 6.92 Å². The number of halogens is 1. The molecule has 2 aromatic rings. The van der Waals surface area contributed by atoms with Crippen LogP contribution in [0.5, 0.6) is 0 Å². The molecule has 0 amide bonds. The summed E-state index contributed by atoms with van der Waals surface area (Å²) >= 11 is 6.42. The Labute approximate surface area is 108 Å². The van der Waals surface area contributed by atoms with Crippen LogP contribution < -0.4 is 10.4 Å². The van der Waals surface area contributed by atoms with Gasteiger partial charge in [0.1, 0.15) is 8.07 Å². The molecule has 0 aliphatic carbocycles. The van der Waals surface area contributed by atoms with Crippen molar-refractivity contribution in [2.24, 2.45) is 0 Å². The second-order valence-corrected chi connectivity index (χ2v) is 10.0. The van der Waals surface area contributed by atoms with Crippen molar-refractivity contribution in [3.8, 4) is 11.1 Å². The second-order valence-electron chi connectivity index (χ2n) is 5.28. The van der Waals surface area contributed by atoms with Gasteiger partial charge in [-0.3, -0.25) is 0 Å². The van der Waals surface area contributed by atoms with Crippen molar-refractivity contribution in [3.63, 3.8) is 0 Å². The number of benzene rings is 2. The summed E-state index contributed by atoms with van der Waals surface area (Å²) in [6.07, 6.45) is 0. The highest BCUT2D eigenvalue weighted by Gasteiger charge is 2.38. The molecule has 3 rings (SSSR count). The second kappa shape index (κ2) is 3.47. The molecule has 0 nitrogen and oxygen atoms in total. The fourth-order valence-electron chi connectivity index (χ4n) is 2.96. The van der Waals surface area contributed by atoms with Gasteiger partial charge in [-0.1, -0.05) is 55.0 Å². The van der Waals surface area contributed by atoms with Crippen LogP contribution in [0.4, 0.5) is 0 Å². The Hall–Kier alpha value is -1.05. The van der Waals surface area contributed by atoms with E-state index in [9.17, 15) is 0 Å². The van der Waals surface area contributed by atoms with Crippen LogP contribution in [0.25, 0.3) is 11.1 Å². The fourth-order valence-corrected chi connectivity index (χ4v) is 6.46. The predicted molar refractivity (Wildman–Crippen MR) is 78.4 cm³/mol. The number of fused-ring (bicyclic) bond motifs is 3. The molecule has 0 atom stereocenters. The minimum atomic E-state index is -1.53. The first kappa shape index (κ1) is 11.1. The van der Waals surface area contributed by atoms with Gasteiger partial charge in [0.25, 0.3) is 0 Å². The highest BCUT2D eigenvalue weighted by atomic mass is 35.5. The Balaban J connectivity index is 2.49. The summed E-state index contributed by atoms with van der Waals surface area (Å²) in [7, 11) is -1.53. The molecule has 0 saturated carbocycles. The Kier molecular flexibility index (Phi) is 2.26. The van der Waals surface area contributed by atoms with E-state index in [4.69, 9.17) is 11.6 Å². The molecule has 0 N–H and O–H groups in total. The molecule has 0 fully saturated rings. The molecule has 0 spiro atoms. The highest BCUT2D eigenvalue weighted by Crippen LogP contribution is 2.35. The van der Waals surface area contributed by atoms with E-state index in [0.29, 0.717) is 0 Å². The Morgan fingerprint density at radius 1 is 0.882 bits per heavy atom. The van der Waals surface area contributed by atoms with Crippen molar-refractivity contribution in [1.29, 1.82) is 0 Å². The average Bonchev–Trinajstić information content (AvgIpc) is 2.52. The lowest BCUT2D eigenvalue weighted by atomic mass is 10.0. The molecule has 0 aromatic heterocycles. The van der Waals surface area contributed by atoms with Crippen molar-refractivity contribution < 1.29 is 0 Å². The molecule has 0 radical (unpaired) electrons. The van der Waals surface area contributed by atoms with E-state index in [1.807, 2.05) is 6.07 Å². The topological polar surface area (TPSA) is 0 Å². The first-order valence-corrected chi connectivity index (χ1v) is 9.30. The molecule has 1 aliphatic heterocycles. The van der Waals surface area contributed by atoms with Crippen molar-refractivity contribution in [2.45, 2.75) is 20.0 Å². The third kappa shape index (κ3) is 1.36. The van der Waals surface area contributed by atoms with E-state index in [-0.39, 0.29) is 0 Å². The maximum Gasteiger partial charge on any atom is 0.113 e. The quantitative estimate of drug-likeness (QED) is 0.635. The summed E-state index contributed by atoms with van der Waals surface area (Å²) in [5.74, 6) is 0. The molecule has 0 unspecified atom stereocenters. The van der Waals surface area contributed by atoms with Crippen LogP contribution in [0.15, 0.2) is 36.4 Å². The fraction of sp³-hybridized carbons (Fsp3) is 0.200. The van der Waals surface area contributed by atoms with Crippen LogP contribution in [-0.2, 0) is 0 Å². The molecule has 1 aliphatic rings. The summed E-state index contributed by atoms with van der Waals surface area (Å²) in [6, 6.07) is 13.0. The summed E-state index contributed by atoms with van der Waals surface area (Å²) in [5.41, 5.74) is 4.03. The van der Waals surface area contributed by atoms with Gasteiger partial charge in [0, 0.05) is 10.6 Å². The van der Waals surface area contributed by atoms with Crippen LogP contribution in [0.1, 0.15) is 5.56 Å². The van der Waals surface area contributed by atoms with Gasteiger partial charge in [0.15, 0.2) is 0 Å². The predicted octanol–water partition coefficient (Wildman–Crippen LogP) is 3.45. The van der Waals surface area contributed by atoms with Crippen molar-refractivity contribution in [1.82, 2.24) is 0 Å². The minimum Gasteiger partial charge on any atom is -0.0837 e. The zero-order valence-electron chi connectivity index (χ0n) is 10.3. The number of rotatable bonds is 0. The highest BCUT2D eigenvalue weighted by molar-refractivity contribution is 7.04. The zero-order chi connectivity index (χ0) is 12.2. The molecule has 2 aromatic carbocycles. The van der Waals surface area contributed by atoms with E-state index >= 15 is 0 Å². The summed E-state index contributed by atoms with van der Waals surface area (Å²) in [6.45, 7) is 7.00. The lowest BCUT2D eigenvalue weighted by Crippen LogP contribution is -2.49. The molecule has 86 valence electrons. The van der Waals surface area contributed by atoms with E-state index in [2.05, 4.69) is 50.3 Å². The van der Waals surface area contributed by atoms with Gasteiger partial charge in [-0.05, 0) is 34.5 Å². The monoisotopic (exact) mass is 258 g/mol. The third-order valence-electron chi connectivity index (χ3n) is 3.88. The van der Waals surface area contributed by atoms with E-state index in [1.165, 1.54) is 27.1 Å². The van der Waals surface area contributed by atoms with Crippen molar-refractivity contribution in [3.05, 3.63) is 47.0 Å². The first-order chi connectivity index (χ1) is 8.03. The largest absolute Gasteiger partial charge is 0.113 e. The maximum atomic E-state index is 6.42. The average molecular weight is 259 g/mol. The van der Waals surface area contributed by atoms with Gasteiger partial charge in [-0.15, -0.1) is 0 Å². The van der Waals surface area contributed by atoms with E-state index in [0.717, 1.165) is 5.02 Å². The zero-order valence-corrected chi connectivity index (χ0v) is 12.1. The maximum absolute atomic E-state index is 6.42. The Morgan fingerprint density at radius 2 is 1.47 bits per heavy atom. The van der Waals surface area contributed by atoms with Gasteiger partial charge in [-0.25, -0.2) is 0 Å².